The minimum Gasteiger partial charge on any atom is -0.316 e. The molecule has 0 spiro atoms. The predicted octanol–water partition coefficient (Wildman–Crippen LogP) is 2.55. The van der Waals surface area contributed by atoms with Gasteiger partial charge in [-0.25, -0.2) is 4.98 Å². The van der Waals surface area contributed by atoms with Gasteiger partial charge in [0.15, 0.2) is 0 Å². The Balaban J connectivity index is 2.71. The zero-order valence-electron chi connectivity index (χ0n) is 8.79. The van der Waals surface area contributed by atoms with Crippen LogP contribution in [0.15, 0.2) is 5.38 Å². The molecule has 1 rings (SSSR count). The van der Waals surface area contributed by atoms with E-state index in [1.165, 1.54) is 5.01 Å². The van der Waals surface area contributed by atoms with Gasteiger partial charge in [0.1, 0.15) is 0 Å². The Morgan fingerprint density at radius 3 is 2.69 bits per heavy atom. The maximum Gasteiger partial charge on any atom is 0.0971 e. The quantitative estimate of drug-likeness (QED) is 0.804. The predicted molar refractivity (Wildman–Crippen MR) is 58.4 cm³/mol. The van der Waals surface area contributed by atoms with Crippen LogP contribution in [0, 0.1) is 6.92 Å². The van der Waals surface area contributed by atoms with Gasteiger partial charge in [-0.3, -0.25) is 0 Å². The molecule has 1 aromatic rings. The summed E-state index contributed by atoms with van der Waals surface area (Å²) in [4.78, 5) is 4.51. The van der Waals surface area contributed by atoms with Crippen LogP contribution in [0.25, 0.3) is 0 Å². The fourth-order valence-electron chi connectivity index (χ4n) is 1.56. The van der Waals surface area contributed by atoms with Gasteiger partial charge in [-0.15, -0.1) is 11.3 Å². The molecule has 2 atom stereocenters. The van der Waals surface area contributed by atoms with Crippen molar-refractivity contribution in [1.82, 2.24) is 10.3 Å². The fourth-order valence-corrected chi connectivity index (χ4v) is 2.48. The van der Waals surface area contributed by atoms with Crippen molar-refractivity contribution in [3.8, 4) is 0 Å². The second-order valence-electron chi connectivity index (χ2n) is 3.42. The molecule has 2 unspecified atom stereocenters. The highest BCUT2D eigenvalue weighted by Crippen LogP contribution is 2.24. The molecule has 74 valence electrons. The van der Waals surface area contributed by atoms with Crippen molar-refractivity contribution in [1.29, 1.82) is 0 Å². The molecule has 0 radical (unpaired) electrons. The highest BCUT2D eigenvalue weighted by molar-refractivity contribution is 7.09. The lowest BCUT2D eigenvalue weighted by molar-refractivity contribution is 0.471. The van der Waals surface area contributed by atoms with E-state index in [1.807, 2.05) is 14.0 Å². The summed E-state index contributed by atoms with van der Waals surface area (Å²) < 4.78 is 0. The normalized spacial score (nSPS) is 15.7. The van der Waals surface area contributed by atoms with E-state index in [4.69, 9.17) is 0 Å². The van der Waals surface area contributed by atoms with Crippen LogP contribution in [0.5, 0.6) is 0 Å². The number of rotatable bonds is 4. The van der Waals surface area contributed by atoms with Crippen LogP contribution in [0.2, 0.25) is 0 Å². The first-order valence-electron chi connectivity index (χ1n) is 4.78. The van der Waals surface area contributed by atoms with Crippen LogP contribution < -0.4 is 5.32 Å². The van der Waals surface area contributed by atoms with E-state index in [0.717, 1.165) is 12.1 Å². The number of nitrogens with zero attached hydrogens (tertiary/aromatic N) is 1. The SMILES string of the molecule is CCC(NC)C(C)c1nc(C)cs1. The molecule has 1 heterocycles. The van der Waals surface area contributed by atoms with E-state index < -0.39 is 0 Å². The molecule has 1 N–H and O–H groups in total. The summed E-state index contributed by atoms with van der Waals surface area (Å²) in [5.41, 5.74) is 1.14. The van der Waals surface area contributed by atoms with Gasteiger partial charge in [0.2, 0.25) is 0 Å². The molecule has 0 aliphatic heterocycles. The minimum atomic E-state index is 0.522. The Hall–Kier alpha value is -0.410. The van der Waals surface area contributed by atoms with E-state index >= 15 is 0 Å². The molecule has 1 aromatic heterocycles. The molecule has 3 heteroatoms. The zero-order chi connectivity index (χ0) is 9.84. The number of hydrogen-bond donors (Lipinski definition) is 1. The summed E-state index contributed by atoms with van der Waals surface area (Å²) in [6, 6.07) is 0.547. The number of nitrogens with one attached hydrogen (secondary N) is 1. The van der Waals surface area contributed by atoms with Crippen molar-refractivity contribution in [2.75, 3.05) is 7.05 Å². The van der Waals surface area contributed by atoms with Crippen LogP contribution in [0.3, 0.4) is 0 Å². The molecule has 0 saturated carbocycles. The topological polar surface area (TPSA) is 24.9 Å². The molecule has 0 aromatic carbocycles. The van der Waals surface area contributed by atoms with E-state index in [9.17, 15) is 0 Å². The second-order valence-corrected chi connectivity index (χ2v) is 4.31. The van der Waals surface area contributed by atoms with E-state index in [0.29, 0.717) is 12.0 Å². The van der Waals surface area contributed by atoms with Crippen molar-refractivity contribution in [2.45, 2.75) is 39.2 Å². The maximum atomic E-state index is 4.51. The van der Waals surface area contributed by atoms with Crippen LogP contribution in [0.1, 0.15) is 36.9 Å². The summed E-state index contributed by atoms with van der Waals surface area (Å²) in [5.74, 6) is 0.522. The monoisotopic (exact) mass is 198 g/mol. The Bertz CT molecular complexity index is 253. The van der Waals surface area contributed by atoms with Crippen molar-refractivity contribution in [3.05, 3.63) is 16.1 Å². The average Bonchev–Trinajstić information content (AvgIpc) is 2.54. The van der Waals surface area contributed by atoms with Gasteiger partial charge in [0.05, 0.1) is 5.01 Å². The van der Waals surface area contributed by atoms with Crippen molar-refractivity contribution < 1.29 is 0 Å². The Morgan fingerprint density at radius 2 is 2.31 bits per heavy atom. The number of aryl methyl sites for hydroxylation is 1. The minimum absolute atomic E-state index is 0.522. The lowest BCUT2D eigenvalue weighted by Gasteiger charge is -2.19. The molecule has 0 amide bonds. The van der Waals surface area contributed by atoms with Crippen LogP contribution in [-0.2, 0) is 0 Å². The van der Waals surface area contributed by atoms with Crippen LogP contribution in [-0.4, -0.2) is 18.1 Å². The summed E-state index contributed by atoms with van der Waals surface area (Å²) in [6.45, 7) is 6.49. The molecule has 13 heavy (non-hydrogen) atoms. The summed E-state index contributed by atoms with van der Waals surface area (Å²) in [7, 11) is 2.02. The number of thiazole rings is 1. The van der Waals surface area contributed by atoms with Gasteiger partial charge < -0.3 is 5.32 Å². The molecule has 0 saturated heterocycles. The first-order valence-corrected chi connectivity index (χ1v) is 5.66. The Labute approximate surface area is 84.4 Å². The summed E-state index contributed by atoms with van der Waals surface area (Å²) in [6.07, 6.45) is 1.15. The highest BCUT2D eigenvalue weighted by Gasteiger charge is 2.17. The van der Waals surface area contributed by atoms with Crippen molar-refractivity contribution in [2.24, 2.45) is 0 Å². The fraction of sp³-hybridized carbons (Fsp3) is 0.700. The summed E-state index contributed by atoms with van der Waals surface area (Å²) in [5, 5.41) is 6.69. The highest BCUT2D eigenvalue weighted by atomic mass is 32.1. The number of aromatic nitrogens is 1. The smallest absolute Gasteiger partial charge is 0.0971 e. The van der Waals surface area contributed by atoms with Gasteiger partial charge >= 0.3 is 0 Å². The average molecular weight is 198 g/mol. The number of hydrogen-bond acceptors (Lipinski definition) is 3. The zero-order valence-corrected chi connectivity index (χ0v) is 9.61. The van der Waals surface area contributed by atoms with Crippen molar-refractivity contribution >= 4 is 11.3 Å². The Morgan fingerprint density at radius 1 is 1.62 bits per heavy atom. The standard InChI is InChI=1S/C10H18N2S/c1-5-9(11-4)8(3)10-12-7(2)6-13-10/h6,8-9,11H,5H2,1-4H3. The molecular formula is C10H18N2S. The molecule has 0 bridgehead atoms. The molecular weight excluding hydrogens is 180 g/mol. The van der Waals surface area contributed by atoms with Gasteiger partial charge in [0, 0.05) is 23.0 Å². The first kappa shape index (κ1) is 10.7. The lowest BCUT2D eigenvalue weighted by atomic mass is 10.0. The second kappa shape index (κ2) is 4.72. The van der Waals surface area contributed by atoms with E-state index in [2.05, 4.69) is 29.5 Å². The Kier molecular flexibility index (Phi) is 3.88. The van der Waals surface area contributed by atoms with Gasteiger partial charge in [0.25, 0.3) is 0 Å². The van der Waals surface area contributed by atoms with Gasteiger partial charge in [-0.1, -0.05) is 13.8 Å². The molecule has 0 fully saturated rings. The number of likely N-dealkylation sites (N-methyl/N-ethyl adjacent to an activating group) is 1. The third-order valence-corrected chi connectivity index (χ3v) is 3.60. The van der Waals surface area contributed by atoms with E-state index in [-0.39, 0.29) is 0 Å². The van der Waals surface area contributed by atoms with Crippen LogP contribution >= 0.6 is 11.3 Å². The van der Waals surface area contributed by atoms with Crippen molar-refractivity contribution in [3.63, 3.8) is 0 Å². The third-order valence-electron chi connectivity index (χ3n) is 2.44. The van der Waals surface area contributed by atoms with Gasteiger partial charge in [-0.05, 0) is 20.4 Å². The van der Waals surface area contributed by atoms with E-state index in [1.54, 1.807) is 11.3 Å². The largest absolute Gasteiger partial charge is 0.316 e. The van der Waals surface area contributed by atoms with Crippen LogP contribution in [0.4, 0.5) is 0 Å². The molecule has 0 aliphatic rings. The maximum absolute atomic E-state index is 4.51. The third kappa shape index (κ3) is 2.51. The first-order chi connectivity index (χ1) is 6.19. The molecule has 2 nitrogen and oxygen atoms in total. The molecule has 0 aliphatic carbocycles. The lowest BCUT2D eigenvalue weighted by Crippen LogP contribution is -2.29. The van der Waals surface area contributed by atoms with Gasteiger partial charge in [-0.2, -0.15) is 0 Å². The summed E-state index contributed by atoms with van der Waals surface area (Å²) >= 11 is 1.77.